The topological polar surface area (TPSA) is 157 Å². The molecule has 0 bridgehead atoms. The SMILES string of the molecule is [N-]=[N+]=C1c2ccc([N+](=O)[O-])cc2C=C(S(=O)(=O)[O-])C1O.[Na+]. The summed E-state index contributed by atoms with van der Waals surface area (Å²) in [5.74, 6) is 0. The number of hydrogen-bond donors (Lipinski definition) is 1. The molecular weight excluding hydrogens is 313 g/mol. The van der Waals surface area contributed by atoms with E-state index < -0.39 is 31.8 Å². The average molecular weight is 319 g/mol. The number of nitro groups is 1. The first-order valence-corrected chi connectivity index (χ1v) is 6.53. The first-order valence-electron chi connectivity index (χ1n) is 5.12. The number of hydrogen-bond acceptors (Lipinski definition) is 6. The maximum Gasteiger partial charge on any atom is 1.00 e. The number of aliphatic hydroxyl groups excluding tert-OH is 1. The summed E-state index contributed by atoms with van der Waals surface area (Å²) < 4.78 is 33.1. The van der Waals surface area contributed by atoms with Gasteiger partial charge in [-0.25, -0.2) is 8.42 Å². The largest absolute Gasteiger partial charge is 1.00 e. The third kappa shape index (κ3) is 3.27. The monoisotopic (exact) mass is 319 g/mol. The van der Waals surface area contributed by atoms with E-state index in [1.54, 1.807) is 0 Å². The predicted molar refractivity (Wildman–Crippen MR) is 64.5 cm³/mol. The Morgan fingerprint density at radius 3 is 2.48 bits per heavy atom. The zero-order valence-electron chi connectivity index (χ0n) is 10.6. The molecule has 1 N–H and O–H groups in total. The number of nitro benzene ring substituents is 1. The van der Waals surface area contributed by atoms with Gasteiger partial charge in [-0.2, -0.15) is 4.79 Å². The van der Waals surface area contributed by atoms with E-state index in [4.69, 9.17) is 5.53 Å². The molecule has 9 nitrogen and oxygen atoms in total. The second-order valence-corrected chi connectivity index (χ2v) is 5.30. The molecule has 1 aliphatic carbocycles. The van der Waals surface area contributed by atoms with Crippen LogP contribution in [0.2, 0.25) is 0 Å². The van der Waals surface area contributed by atoms with Crippen LogP contribution in [0.3, 0.4) is 0 Å². The Balaban J connectivity index is 0.00000220. The van der Waals surface area contributed by atoms with E-state index in [0.717, 1.165) is 18.2 Å². The van der Waals surface area contributed by atoms with Crippen molar-refractivity contribution in [2.45, 2.75) is 6.10 Å². The number of fused-ring (bicyclic) bond motifs is 1. The van der Waals surface area contributed by atoms with Gasteiger partial charge in [-0.05, 0) is 17.7 Å². The van der Waals surface area contributed by atoms with Gasteiger partial charge in [-0.3, -0.25) is 10.1 Å². The summed E-state index contributed by atoms with van der Waals surface area (Å²) in [7, 11) is -4.99. The van der Waals surface area contributed by atoms with E-state index in [1.165, 1.54) is 6.07 Å². The van der Waals surface area contributed by atoms with E-state index in [9.17, 15) is 28.2 Å². The molecule has 11 heteroatoms. The standard InChI is InChI=1S/C10H7N3O6S.Na/c11-12-9-7-2-1-6(13(15)16)3-5(7)4-8(10(9)14)20(17,18)19;/h1-4,10,14H,(H,17,18,19);/q;+1/p-1. The van der Waals surface area contributed by atoms with E-state index in [-0.39, 0.29) is 46.4 Å². The zero-order chi connectivity index (χ0) is 15.1. The number of non-ortho nitro benzene ring substituents is 1. The summed E-state index contributed by atoms with van der Waals surface area (Å²) in [6, 6.07) is 3.30. The van der Waals surface area contributed by atoms with Gasteiger partial charge in [0.05, 0.1) is 15.4 Å². The van der Waals surface area contributed by atoms with Gasteiger partial charge in [0.1, 0.15) is 10.1 Å². The number of rotatable bonds is 2. The molecule has 1 aromatic rings. The van der Waals surface area contributed by atoms with Crippen LogP contribution in [0.5, 0.6) is 0 Å². The van der Waals surface area contributed by atoms with Crippen LogP contribution in [0, 0.1) is 10.1 Å². The van der Waals surface area contributed by atoms with Crippen LogP contribution in [0.1, 0.15) is 11.1 Å². The van der Waals surface area contributed by atoms with Gasteiger partial charge < -0.3 is 15.2 Å². The van der Waals surface area contributed by atoms with Gasteiger partial charge in [0.15, 0.2) is 6.10 Å². The fraction of sp³-hybridized carbons (Fsp3) is 0.100. The summed E-state index contributed by atoms with van der Waals surface area (Å²) in [6.07, 6.45) is -1.10. The van der Waals surface area contributed by atoms with E-state index >= 15 is 0 Å². The van der Waals surface area contributed by atoms with Crippen molar-refractivity contribution in [1.29, 1.82) is 0 Å². The number of benzene rings is 1. The van der Waals surface area contributed by atoms with Crippen LogP contribution in [0.4, 0.5) is 5.69 Å². The number of nitrogens with zero attached hydrogens (tertiary/aromatic N) is 3. The molecule has 0 aliphatic heterocycles. The van der Waals surface area contributed by atoms with Crippen LogP contribution in [-0.4, -0.2) is 39.6 Å². The van der Waals surface area contributed by atoms with Crippen molar-refractivity contribution in [3.63, 3.8) is 0 Å². The molecular formula is C10H6N3NaO6S. The minimum atomic E-state index is -4.99. The van der Waals surface area contributed by atoms with Crippen LogP contribution < -0.4 is 29.6 Å². The summed E-state index contributed by atoms with van der Waals surface area (Å²) in [4.78, 5) is 11.8. The van der Waals surface area contributed by atoms with Crippen molar-refractivity contribution in [3.8, 4) is 0 Å². The molecule has 1 aliphatic rings. The third-order valence-corrected chi connectivity index (χ3v) is 3.66. The smallest absolute Gasteiger partial charge is 0.744 e. The number of aliphatic hydroxyl groups is 1. The normalized spacial score (nSPS) is 17.1. The van der Waals surface area contributed by atoms with Gasteiger partial charge in [-0.15, -0.1) is 0 Å². The maximum absolute atomic E-state index is 11.0. The van der Waals surface area contributed by atoms with Crippen molar-refractivity contribution in [3.05, 3.63) is 49.9 Å². The van der Waals surface area contributed by atoms with Crippen molar-refractivity contribution in [2.24, 2.45) is 0 Å². The quantitative estimate of drug-likeness (QED) is 0.152. The van der Waals surface area contributed by atoms with Crippen LogP contribution in [0.25, 0.3) is 11.6 Å². The second kappa shape index (κ2) is 6.16. The van der Waals surface area contributed by atoms with Crippen molar-refractivity contribution < 1.29 is 57.3 Å². The molecule has 1 aromatic carbocycles. The Labute approximate surface area is 140 Å². The molecule has 0 heterocycles. The molecule has 0 spiro atoms. The Kier molecular flexibility index (Phi) is 5.18. The van der Waals surface area contributed by atoms with Gasteiger partial charge >= 0.3 is 35.3 Å². The molecule has 0 aromatic heterocycles. The second-order valence-electron chi connectivity index (χ2n) is 3.92. The minimum absolute atomic E-state index is 0. The van der Waals surface area contributed by atoms with Gasteiger partial charge in [-0.1, -0.05) is 0 Å². The van der Waals surface area contributed by atoms with Crippen LogP contribution >= 0.6 is 0 Å². The first kappa shape index (κ1) is 17.7. The molecule has 0 radical (unpaired) electrons. The Bertz CT molecular complexity index is 797. The maximum atomic E-state index is 11.0. The molecule has 0 saturated carbocycles. The Hall–Kier alpha value is -1.39. The van der Waals surface area contributed by atoms with Crippen molar-refractivity contribution >= 4 is 27.6 Å². The Morgan fingerprint density at radius 1 is 1.38 bits per heavy atom. The fourth-order valence-corrected chi connectivity index (χ4v) is 2.50. The molecule has 0 amide bonds. The first-order chi connectivity index (χ1) is 9.25. The molecule has 21 heavy (non-hydrogen) atoms. The average Bonchev–Trinajstić information content (AvgIpc) is 2.36. The van der Waals surface area contributed by atoms with E-state index in [1.807, 2.05) is 0 Å². The molecule has 1 atom stereocenters. The molecule has 1 unspecified atom stereocenters. The molecule has 0 saturated heterocycles. The van der Waals surface area contributed by atoms with Crippen molar-refractivity contribution in [1.82, 2.24) is 0 Å². The summed E-state index contributed by atoms with van der Waals surface area (Å²) in [5, 5.41) is 20.4. The fourth-order valence-electron chi connectivity index (χ4n) is 1.85. The predicted octanol–water partition coefficient (Wildman–Crippen LogP) is -3.12. The van der Waals surface area contributed by atoms with Gasteiger partial charge in [0, 0.05) is 12.1 Å². The summed E-state index contributed by atoms with van der Waals surface area (Å²) in [6.45, 7) is 0. The van der Waals surface area contributed by atoms with E-state index in [2.05, 4.69) is 4.79 Å². The summed E-state index contributed by atoms with van der Waals surface area (Å²) >= 11 is 0. The van der Waals surface area contributed by atoms with Crippen LogP contribution in [-0.2, 0) is 10.1 Å². The molecule has 104 valence electrons. The van der Waals surface area contributed by atoms with Gasteiger partial charge in [0.2, 0.25) is 0 Å². The zero-order valence-corrected chi connectivity index (χ0v) is 13.4. The summed E-state index contributed by atoms with van der Waals surface area (Å²) in [5.41, 5.74) is 8.13. The molecule has 0 fully saturated rings. The molecule has 2 rings (SSSR count). The van der Waals surface area contributed by atoms with Crippen molar-refractivity contribution in [2.75, 3.05) is 0 Å². The van der Waals surface area contributed by atoms with E-state index in [0.29, 0.717) is 0 Å². The van der Waals surface area contributed by atoms with Gasteiger partial charge in [0.25, 0.3) is 5.69 Å². The van der Waals surface area contributed by atoms with Crippen LogP contribution in [0.15, 0.2) is 23.1 Å². The third-order valence-electron chi connectivity index (χ3n) is 2.74. The minimum Gasteiger partial charge on any atom is -0.744 e. The Morgan fingerprint density at radius 2 is 2.00 bits per heavy atom.